The molecule has 0 spiro atoms. The maximum atomic E-state index is 6.04. The molecule has 3 aliphatic rings. The summed E-state index contributed by atoms with van der Waals surface area (Å²) in [5.41, 5.74) is 0. The zero-order valence-electron chi connectivity index (χ0n) is 14.5. The highest BCUT2D eigenvalue weighted by Gasteiger charge is 2.26. The Labute approximate surface area is 144 Å². The third-order valence-electron chi connectivity index (χ3n) is 5.57. The molecule has 3 fully saturated rings. The number of nitrogens with zero attached hydrogens (tertiary/aromatic N) is 3. The molecule has 1 radical (unpaired) electrons. The molecular formula is C19H28N3O2. The lowest BCUT2D eigenvalue weighted by Crippen LogP contribution is -2.50. The molecule has 0 aromatic carbocycles. The molecule has 4 rings (SSSR count). The average molecular weight is 330 g/mol. The van der Waals surface area contributed by atoms with E-state index >= 15 is 0 Å². The van der Waals surface area contributed by atoms with Gasteiger partial charge in [0.05, 0.1) is 13.2 Å². The molecule has 0 atom stereocenters. The van der Waals surface area contributed by atoms with Crippen molar-refractivity contribution in [1.29, 1.82) is 0 Å². The van der Waals surface area contributed by atoms with Crippen LogP contribution in [-0.4, -0.2) is 61.4 Å². The molecule has 1 aromatic rings. The third-order valence-corrected chi connectivity index (χ3v) is 5.57. The van der Waals surface area contributed by atoms with E-state index in [9.17, 15) is 0 Å². The largest absolute Gasteiger partial charge is 0.474 e. The van der Waals surface area contributed by atoms with Crippen molar-refractivity contribution in [2.24, 2.45) is 0 Å². The van der Waals surface area contributed by atoms with Gasteiger partial charge in [-0.05, 0) is 18.9 Å². The molecule has 0 amide bonds. The molecule has 1 saturated carbocycles. The Kier molecular flexibility index (Phi) is 5.18. The summed E-state index contributed by atoms with van der Waals surface area (Å²) in [5, 5.41) is 0. The van der Waals surface area contributed by atoms with E-state index in [1.54, 1.807) is 0 Å². The van der Waals surface area contributed by atoms with Crippen LogP contribution >= 0.6 is 0 Å². The molecular weight excluding hydrogens is 302 g/mol. The monoisotopic (exact) mass is 330 g/mol. The van der Waals surface area contributed by atoms with E-state index in [-0.39, 0.29) is 6.10 Å². The van der Waals surface area contributed by atoms with Crippen molar-refractivity contribution in [2.45, 2.75) is 50.7 Å². The van der Waals surface area contributed by atoms with Crippen LogP contribution in [0.1, 0.15) is 38.5 Å². The van der Waals surface area contributed by atoms with Crippen LogP contribution in [0.2, 0.25) is 0 Å². The first-order chi connectivity index (χ1) is 11.9. The molecule has 0 bridgehead atoms. The second-order valence-electron chi connectivity index (χ2n) is 7.14. The SMILES string of the molecule is [c]1ccc(OC2CCOCC2)nc1N1CCN(C2CCCC2)CC1. The number of piperazine rings is 1. The third kappa shape index (κ3) is 3.83. The van der Waals surface area contributed by atoms with Gasteiger partial charge in [-0.25, -0.2) is 0 Å². The van der Waals surface area contributed by atoms with Gasteiger partial charge in [0, 0.05) is 57.2 Å². The number of rotatable bonds is 4. The minimum atomic E-state index is 0.237. The number of hydrogen-bond donors (Lipinski definition) is 0. The fraction of sp³-hybridized carbons (Fsp3) is 0.737. The molecule has 5 heteroatoms. The minimum Gasteiger partial charge on any atom is -0.474 e. The van der Waals surface area contributed by atoms with Gasteiger partial charge in [-0.1, -0.05) is 12.8 Å². The first kappa shape index (κ1) is 16.2. The molecule has 0 unspecified atom stereocenters. The molecule has 2 aliphatic heterocycles. The Hall–Kier alpha value is -1.33. The van der Waals surface area contributed by atoms with Crippen molar-refractivity contribution < 1.29 is 9.47 Å². The van der Waals surface area contributed by atoms with Gasteiger partial charge < -0.3 is 14.4 Å². The summed E-state index contributed by atoms with van der Waals surface area (Å²) in [6.45, 7) is 5.96. The molecule has 5 nitrogen and oxygen atoms in total. The molecule has 2 saturated heterocycles. The standard InChI is InChI=1S/C19H28N3O2/c1-2-5-16(4-1)21-10-12-22(13-11-21)18-6-3-7-19(20-18)24-17-8-14-23-15-9-17/h3,7,16-17H,1-2,4-5,8-15H2. The fourth-order valence-electron chi connectivity index (χ4n) is 4.12. The number of ether oxygens (including phenoxy) is 2. The topological polar surface area (TPSA) is 37.8 Å². The Morgan fingerprint density at radius 2 is 1.79 bits per heavy atom. The van der Waals surface area contributed by atoms with Gasteiger partial charge in [0.2, 0.25) is 5.88 Å². The van der Waals surface area contributed by atoms with Crippen molar-refractivity contribution in [1.82, 2.24) is 9.88 Å². The Morgan fingerprint density at radius 1 is 1.04 bits per heavy atom. The minimum absolute atomic E-state index is 0.237. The first-order valence-electron chi connectivity index (χ1n) is 9.50. The van der Waals surface area contributed by atoms with E-state index in [2.05, 4.69) is 15.9 Å². The number of aromatic nitrogens is 1. The van der Waals surface area contributed by atoms with Gasteiger partial charge in [0.25, 0.3) is 0 Å². The quantitative estimate of drug-likeness (QED) is 0.848. The molecule has 131 valence electrons. The van der Waals surface area contributed by atoms with Crippen LogP contribution in [0.25, 0.3) is 0 Å². The first-order valence-corrected chi connectivity index (χ1v) is 9.50. The lowest BCUT2D eigenvalue weighted by molar-refractivity contribution is 0.0237. The van der Waals surface area contributed by atoms with Gasteiger partial charge in [-0.2, -0.15) is 4.98 Å². The van der Waals surface area contributed by atoms with E-state index in [0.717, 1.165) is 70.0 Å². The molecule has 1 aromatic heterocycles. The Morgan fingerprint density at radius 3 is 2.54 bits per heavy atom. The second kappa shape index (κ2) is 7.70. The van der Waals surface area contributed by atoms with Crippen LogP contribution in [0.15, 0.2) is 12.1 Å². The van der Waals surface area contributed by atoms with Crippen LogP contribution in [0.3, 0.4) is 0 Å². The predicted molar refractivity (Wildman–Crippen MR) is 93.6 cm³/mol. The van der Waals surface area contributed by atoms with E-state index in [1.165, 1.54) is 25.7 Å². The fourth-order valence-corrected chi connectivity index (χ4v) is 4.12. The van der Waals surface area contributed by atoms with E-state index in [1.807, 2.05) is 12.1 Å². The second-order valence-corrected chi connectivity index (χ2v) is 7.14. The summed E-state index contributed by atoms with van der Waals surface area (Å²) in [4.78, 5) is 9.72. The van der Waals surface area contributed by atoms with Crippen LogP contribution < -0.4 is 9.64 Å². The highest BCUT2D eigenvalue weighted by molar-refractivity contribution is 5.40. The average Bonchev–Trinajstić information content (AvgIpc) is 3.18. The predicted octanol–water partition coefficient (Wildman–Crippen LogP) is 2.50. The number of pyridine rings is 1. The van der Waals surface area contributed by atoms with Crippen molar-refractivity contribution >= 4 is 5.82 Å². The van der Waals surface area contributed by atoms with Crippen LogP contribution in [0, 0.1) is 6.07 Å². The highest BCUT2D eigenvalue weighted by Crippen LogP contribution is 2.26. The summed E-state index contributed by atoms with van der Waals surface area (Å²) >= 11 is 0. The van der Waals surface area contributed by atoms with Crippen LogP contribution in [0.4, 0.5) is 5.82 Å². The molecule has 3 heterocycles. The van der Waals surface area contributed by atoms with E-state index < -0.39 is 0 Å². The number of hydrogen-bond acceptors (Lipinski definition) is 5. The molecule has 0 N–H and O–H groups in total. The highest BCUT2D eigenvalue weighted by atomic mass is 16.5. The Bertz CT molecular complexity index is 519. The zero-order chi connectivity index (χ0) is 16.2. The van der Waals surface area contributed by atoms with E-state index in [0.29, 0.717) is 0 Å². The van der Waals surface area contributed by atoms with Gasteiger partial charge in [-0.3, -0.25) is 4.90 Å². The van der Waals surface area contributed by atoms with Gasteiger partial charge in [-0.15, -0.1) is 0 Å². The lowest BCUT2D eigenvalue weighted by Gasteiger charge is -2.38. The Balaban J connectivity index is 1.33. The van der Waals surface area contributed by atoms with Crippen molar-refractivity contribution in [3.8, 4) is 5.88 Å². The van der Waals surface area contributed by atoms with Gasteiger partial charge in [0.1, 0.15) is 11.9 Å². The van der Waals surface area contributed by atoms with Gasteiger partial charge in [0.15, 0.2) is 0 Å². The van der Waals surface area contributed by atoms with Crippen molar-refractivity contribution in [2.75, 3.05) is 44.3 Å². The van der Waals surface area contributed by atoms with Crippen molar-refractivity contribution in [3.63, 3.8) is 0 Å². The smallest absolute Gasteiger partial charge is 0.215 e. The maximum Gasteiger partial charge on any atom is 0.215 e. The summed E-state index contributed by atoms with van der Waals surface area (Å²) in [6.07, 6.45) is 7.74. The summed E-state index contributed by atoms with van der Waals surface area (Å²) in [5.74, 6) is 1.67. The normalized spacial score (nSPS) is 24.4. The summed E-state index contributed by atoms with van der Waals surface area (Å²) in [6, 6.07) is 7.99. The molecule has 1 aliphatic carbocycles. The van der Waals surface area contributed by atoms with Crippen LogP contribution in [-0.2, 0) is 4.74 Å². The summed E-state index contributed by atoms with van der Waals surface area (Å²) < 4.78 is 11.4. The van der Waals surface area contributed by atoms with E-state index in [4.69, 9.17) is 14.5 Å². The van der Waals surface area contributed by atoms with Crippen LogP contribution in [0.5, 0.6) is 5.88 Å². The zero-order valence-corrected chi connectivity index (χ0v) is 14.5. The number of anilines is 1. The summed E-state index contributed by atoms with van der Waals surface area (Å²) in [7, 11) is 0. The van der Waals surface area contributed by atoms with Gasteiger partial charge >= 0.3 is 0 Å². The van der Waals surface area contributed by atoms with Crippen molar-refractivity contribution in [3.05, 3.63) is 18.2 Å². The maximum absolute atomic E-state index is 6.04. The lowest BCUT2D eigenvalue weighted by atomic mass is 10.1. The molecule has 24 heavy (non-hydrogen) atoms.